The number of nitrogens with zero attached hydrogens (tertiary/aromatic N) is 1. The lowest BCUT2D eigenvalue weighted by Crippen LogP contribution is -1.90. The van der Waals surface area contributed by atoms with Crippen molar-refractivity contribution in [3.63, 3.8) is 0 Å². The van der Waals surface area contributed by atoms with Gasteiger partial charge < -0.3 is 0 Å². The molecule has 0 amide bonds. The van der Waals surface area contributed by atoms with E-state index >= 15 is 0 Å². The molecule has 0 saturated heterocycles. The summed E-state index contributed by atoms with van der Waals surface area (Å²) in [5.41, 5.74) is 0. The monoisotopic (exact) mass is 166 g/mol. The summed E-state index contributed by atoms with van der Waals surface area (Å²) in [5.74, 6) is 1.56. The molecule has 1 aromatic rings. The van der Waals surface area contributed by atoms with E-state index in [1.165, 1.54) is 4.90 Å². The summed E-state index contributed by atoms with van der Waals surface area (Å²) >= 11 is 1.80. The molecule has 0 aromatic carbocycles. The van der Waals surface area contributed by atoms with Crippen LogP contribution in [0.25, 0.3) is 0 Å². The molecule has 0 aliphatic rings. The second-order valence-electron chi connectivity index (χ2n) is 2.60. The molecule has 0 fully saturated rings. The Balaban J connectivity index is 2.39. The van der Waals surface area contributed by atoms with Crippen molar-refractivity contribution in [1.82, 2.24) is 4.98 Å². The molecule has 0 spiro atoms. The van der Waals surface area contributed by atoms with Gasteiger partial charge in [0.05, 0.1) is 0 Å². The highest BCUT2D eigenvalue weighted by molar-refractivity contribution is 7.99. The van der Waals surface area contributed by atoms with Crippen LogP contribution in [0.15, 0.2) is 29.4 Å². The predicted molar refractivity (Wildman–Crippen MR) is 49.5 cm³/mol. The number of aromatic nitrogens is 1. The van der Waals surface area contributed by atoms with Gasteiger partial charge >= 0.3 is 0 Å². The molecule has 0 aliphatic heterocycles. The van der Waals surface area contributed by atoms with E-state index in [1.807, 2.05) is 12.3 Å². The van der Waals surface area contributed by atoms with Crippen LogP contribution in [0, 0.1) is 12.8 Å². The molecule has 2 heteroatoms. The molecule has 11 heavy (non-hydrogen) atoms. The first-order chi connectivity index (χ1) is 5.29. The second-order valence-corrected chi connectivity index (χ2v) is 3.70. The third-order valence-corrected chi connectivity index (χ3v) is 2.48. The van der Waals surface area contributed by atoms with Gasteiger partial charge in [0, 0.05) is 23.0 Å². The van der Waals surface area contributed by atoms with Crippen LogP contribution in [0.5, 0.6) is 0 Å². The molecule has 0 N–H and O–H groups in total. The Morgan fingerprint density at radius 1 is 1.73 bits per heavy atom. The standard InChI is InChI=1S/C9H12NS/c1-8(2)7-11-9-4-3-5-10-6-9/h3-6,8H,1,7H2,2H3. The van der Waals surface area contributed by atoms with Gasteiger partial charge in [-0.1, -0.05) is 6.92 Å². The topological polar surface area (TPSA) is 12.9 Å². The normalized spacial score (nSPS) is 10.5. The maximum Gasteiger partial charge on any atom is 0.0403 e. The van der Waals surface area contributed by atoms with Crippen LogP contribution >= 0.6 is 11.8 Å². The molecular formula is C9H12NS. The van der Waals surface area contributed by atoms with E-state index in [1.54, 1.807) is 18.0 Å². The summed E-state index contributed by atoms with van der Waals surface area (Å²) in [5, 5.41) is 0. The third-order valence-electron chi connectivity index (χ3n) is 1.17. The van der Waals surface area contributed by atoms with Gasteiger partial charge in [0.1, 0.15) is 0 Å². The Hall–Kier alpha value is -0.500. The summed E-state index contributed by atoms with van der Waals surface area (Å²) in [6, 6.07) is 4.02. The maximum absolute atomic E-state index is 4.02. The lowest BCUT2D eigenvalue weighted by Gasteiger charge is -2.02. The van der Waals surface area contributed by atoms with E-state index in [9.17, 15) is 0 Å². The quantitative estimate of drug-likeness (QED) is 0.640. The van der Waals surface area contributed by atoms with Crippen molar-refractivity contribution in [2.45, 2.75) is 11.8 Å². The Kier molecular flexibility index (Phi) is 3.43. The number of pyridine rings is 1. The second kappa shape index (κ2) is 4.39. The van der Waals surface area contributed by atoms with Crippen LogP contribution in [0.2, 0.25) is 0 Å². The van der Waals surface area contributed by atoms with Crippen molar-refractivity contribution in [2.75, 3.05) is 5.75 Å². The van der Waals surface area contributed by atoms with Gasteiger partial charge in [0.25, 0.3) is 0 Å². The van der Waals surface area contributed by atoms with Gasteiger partial charge in [-0.2, -0.15) is 0 Å². The highest BCUT2D eigenvalue weighted by Gasteiger charge is 1.95. The fourth-order valence-corrected chi connectivity index (χ4v) is 1.46. The van der Waals surface area contributed by atoms with Crippen LogP contribution in [0.4, 0.5) is 0 Å². The molecule has 1 atom stereocenters. The van der Waals surface area contributed by atoms with Crippen molar-refractivity contribution in [3.05, 3.63) is 31.5 Å². The zero-order chi connectivity index (χ0) is 8.10. The van der Waals surface area contributed by atoms with Gasteiger partial charge in [-0.15, -0.1) is 11.8 Å². The molecule has 1 heterocycles. The maximum atomic E-state index is 4.02. The van der Waals surface area contributed by atoms with Crippen molar-refractivity contribution in [3.8, 4) is 0 Å². The smallest absolute Gasteiger partial charge is 0.0403 e. The van der Waals surface area contributed by atoms with Crippen molar-refractivity contribution >= 4 is 11.8 Å². The molecule has 1 radical (unpaired) electrons. The average Bonchev–Trinajstić information content (AvgIpc) is 2.03. The SMILES string of the molecule is [CH2]C(C)CSc1cccnc1. The average molecular weight is 166 g/mol. The van der Waals surface area contributed by atoms with Gasteiger partial charge in [0.15, 0.2) is 0 Å². The first kappa shape index (κ1) is 8.60. The molecule has 0 aliphatic carbocycles. The van der Waals surface area contributed by atoms with Crippen LogP contribution < -0.4 is 0 Å². The summed E-state index contributed by atoms with van der Waals surface area (Å²) in [6.07, 6.45) is 3.67. The van der Waals surface area contributed by atoms with Crippen molar-refractivity contribution in [2.24, 2.45) is 5.92 Å². The number of hydrogen-bond acceptors (Lipinski definition) is 2. The largest absolute Gasteiger partial charge is 0.264 e. The molecule has 0 saturated carbocycles. The summed E-state index contributed by atoms with van der Waals surface area (Å²) in [4.78, 5) is 5.25. The highest BCUT2D eigenvalue weighted by atomic mass is 32.2. The van der Waals surface area contributed by atoms with Gasteiger partial charge in [-0.25, -0.2) is 0 Å². The summed E-state index contributed by atoms with van der Waals surface area (Å²) in [7, 11) is 0. The molecular weight excluding hydrogens is 154 g/mol. The van der Waals surface area contributed by atoms with E-state index in [2.05, 4.69) is 24.9 Å². The highest BCUT2D eigenvalue weighted by Crippen LogP contribution is 2.18. The lowest BCUT2D eigenvalue weighted by atomic mass is 10.3. The fraction of sp³-hybridized carbons (Fsp3) is 0.333. The van der Waals surface area contributed by atoms with E-state index in [0.29, 0.717) is 5.92 Å². The molecule has 0 bridgehead atoms. The van der Waals surface area contributed by atoms with E-state index in [4.69, 9.17) is 0 Å². The Morgan fingerprint density at radius 2 is 2.55 bits per heavy atom. The van der Waals surface area contributed by atoms with Crippen LogP contribution in [-0.4, -0.2) is 10.7 Å². The minimum atomic E-state index is 0.500. The van der Waals surface area contributed by atoms with E-state index < -0.39 is 0 Å². The Labute approximate surface area is 72.2 Å². The zero-order valence-corrected chi connectivity index (χ0v) is 7.47. The minimum Gasteiger partial charge on any atom is -0.264 e. The molecule has 1 nitrogen and oxygen atoms in total. The van der Waals surface area contributed by atoms with Crippen molar-refractivity contribution in [1.29, 1.82) is 0 Å². The molecule has 59 valence electrons. The predicted octanol–water partition coefficient (Wildman–Crippen LogP) is 2.64. The minimum absolute atomic E-state index is 0.500. The third kappa shape index (κ3) is 3.42. The number of rotatable bonds is 3. The fourth-order valence-electron chi connectivity index (χ4n) is 0.671. The van der Waals surface area contributed by atoms with E-state index in [-0.39, 0.29) is 0 Å². The Morgan fingerprint density at radius 3 is 3.09 bits per heavy atom. The lowest BCUT2D eigenvalue weighted by molar-refractivity contribution is 0.842. The van der Waals surface area contributed by atoms with Gasteiger partial charge in [-0.3, -0.25) is 4.98 Å². The van der Waals surface area contributed by atoms with E-state index in [0.717, 1.165) is 5.75 Å². The van der Waals surface area contributed by atoms with Crippen LogP contribution in [0.1, 0.15) is 6.92 Å². The van der Waals surface area contributed by atoms with Gasteiger partial charge in [-0.05, 0) is 25.0 Å². The van der Waals surface area contributed by atoms with Crippen molar-refractivity contribution < 1.29 is 0 Å². The number of hydrogen-bond donors (Lipinski definition) is 0. The first-order valence-electron chi connectivity index (χ1n) is 3.65. The van der Waals surface area contributed by atoms with Crippen LogP contribution in [0.3, 0.4) is 0 Å². The molecule has 1 rings (SSSR count). The molecule has 1 aromatic heterocycles. The zero-order valence-electron chi connectivity index (χ0n) is 6.66. The summed E-state index contributed by atoms with van der Waals surface area (Å²) < 4.78 is 0. The van der Waals surface area contributed by atoms with Gasteiger partial charge in [0.2, 0.25) is 0 Å². The Bertz CT molecular complexity index is 196. The summed E-state index contributed by atoms with van der Waals surface area (Å²) in [6.45, 7) is 6.03. The molecule has 1 unspecified atom stereocenters. The first-order valence-corrected chi connectivity index (χ1v) is 4.63. The van der Waals surface area contributed by atoms with Crippen LogP contribution in [-0.2, 0) is 0 Å². The number of thioether (sulfide) groups is 1.